The summed E-state index contributed by atoms with van der Waals surface area (Å²) in [5.41, 5.74) is 1.18. The van der Waals surface area contributed by atoms with Gasteiger partial charge in [0.2, 0.25) is 0 Å². The van der Waals surface area contributed by atoms with E-state index >= 15 is 0 Å². The van der Waals surface area contributed by atoms with Gasteiger partial charge in [-0.05, 0) is 38.1 Å². The summed E-state index contributed by atoms with van der Waals surface area (Å²) >= 11 is 0. The number of nitrogens with one attached hydrogen (secondary N) is 2. The lowest BCUT2D eigenvalue weighted by Gasteiger charge is -2.29. The van der Waals surface area contributed by atoms with Crippen LogP contribution >= 0.6 is 0 Å². The Balaban J connectivity index is 0.000000230. The third kappa shape index (κ3) is 7.10. The minimum absolute atomic E-state index is 0.111. The average Bonchev–Trinajstić information content (AvgIpc) is 2.88. The molecule has 0 atom stereocenters. The fourth-order valence-corrected chi connectivity index (χ4v) is 3.51. The number of aromatic nitrogens is 1. The fraction of sp³-hybridized carbons (Fsp3) is 0.250. The second kappa shape index (κ2) is 12.5. The molecule has 0 spiro atoms. The predicted molar refractivity (Wildman–Crippen MR) is 141 cm³/mol. The van der Waals surface area contributed by atoms with E-state index in [-0.39, 0.29) is 23.2 Å². The molecule has 1 saturated heterocycles. The van der Waals surface area contributed by atoms with E-state index in [1.807, 2.05) is 0 Å². The molecule has 3 aromatic rings. The summed E-state index contributed by atoms with van der Waals surface area (Å²) in [6.07, 6.45) is 2.67. The van der Waals surface area contributed by atoms with Gasteiger partial charge in [0, 0.05) is 37.7 Å². The average molecular weight is 537 g/mol. The quantitative estimate of drug-likeness (QED) is 0.207. The van der Waals surface area contributed by atoms with Crippen LogP contribution in [0.5, 0.6) is 0 Å². The Bertz CT molecular complexity index is 1470. The summed E-state index contributed by atoms with van der Waals surface area (Å²) in [5, 5.41) is 3.24. The highest BCUT2D eigenvalue weighted by atomic mass is 16.7. The van der Waals surface area contributed by atoms with Gasteiger partial charge in [0.25, 0.3) is 5.79 Å². The van der Waals surface area contributed by atoms with Crippen LogP contribution in [0.3, 0.4) is 0 Å². The molecule has 0 unspecified atom stereocenters. The van der Waals surface area contributed by atoms with Gasteiger partial charge in [-0.3, -0.25) is 4.79 Å². The van der Waals surface area contributed by atoms with E-state index in [0.29, 0.717) is 28.8 Å². The number of hydrogen-bond acceptors (Lipinski definition) is 10. The molecule has 11 nitrogen and oxygen atoms in total. The molecule has 0 saturated carbocycles. The van der Waals surface area contributed by atoms with Crippen molar-refractivity contribution in [2.45, 2.75) is 33.5 Å². The molecule has 4 rings (SSSR count). The largest absolute Gasteiger partial charge is 0.462 e. The van der Waals surface area contributed by atoms with Crippen molar-refractivity contribution in [2.24, 2.45) is 0 Å². The molecule has 204 valence electrons. The number of cyclic esters (lactones) is 2. The van der Waals surface area contributed by atoms with Crippen molar-refractivity contribution >= 4 is 40.5 Å². The second-order valence-corrected chi connectivity index (χ2v) is 8.44. The highest BCUT2D eigenvalue weighted by Crippen LogP contribution is 2.23. The fourth-order valence-electron chi connectivity index (χ4n) is 3.51. The van der Waals surface area contributed by atoms with Crippen LogP contribution in [0.1, 0.15) is 48.4 Å². The van der Waals surface area contributed by atoms with E-state index in [1.54, 1.807) is 56.3 Å². The molecule has 1 aliphatic heterocycles. The summed E-state index contributed by atoms with van der Waals surface area (Å²) in [5.74, 6) is -3.83. The van der Waals surface area contributed by atoms with Gasteiger partial charge in [0.15, 0.2) is 11.0 Å². The van der Waals surface area contributed by atoms with Crippen LogP contribution in [0.15, 0.2) is 71.3 Å². The van der Waals surface area contributed by atoms with Gasteiger partial charge in [-0.15, -0.1) is 0 Å². The third-order valence-corrected chi connectivity index (χ3v) is 5.20. The Morgan fingerprint density at radius 3 is 2.10 bits per heavy atom. The molecule has 39 heavy (non-hydrogen) atoms. The number of fused-ring (bicyclic) bond motifs is 1. The Hall–Kier alpha value is -4.93. The van der Waals surface area contributed by atoms with Gasteiger partial charge in [-0.25, -0.2) is 19.2 Å². The summed E-state index contributed by atoms with van der Waals surface area (Å²) in [6, 6.07) is 13.0. The van der Waals surface area contributed by atoms with Crippen LogP contribution < -0.4 is 10.7 Å². The third-order valence-electron chi connectivity index (χ3n) is 5.20. The Kier molecular flexibility index (Phi) is 9.21. The van der Waals surface area contributed by atoms with Gasteiger partial charge in [-0.1, -0.05) is 18.2 Å². The number of para-hydroxylation sites is 2. The number of pyridine rings is 1. The van der Waals surface area contributed by atoms with Crippen molar-refractivity contribution in [2.75, 3.05) is 18.5 Å². The predicted octanol–water partition coefficient (Wildman–Crippen LogP) is 3.70. The summed E-state index contributed by atoms with van der Waals surface area (Å²) in [4.78, 5) is 61.6. The first-order valence-electron chi connectivity index (χ1n) is 12.0. The van der Waals surface area contributed by atoms with Gasteiger partial charge >= 0.3 is 23.9 Å². The Morgan fingerprint density at radius 1 is 0.872 bits per heavy atom. The van der Waals surface area contributed by atoms with Crippen molar-refractivity contribution < 1.29 is 38.1 Å². The lowest BCUT2D eigenvalue weighted by molar-refractivity contribution is -0.222. The monoisotopic (exact) mass is 536 g/mol. The van der Waals surface area contributed by atoms with E-state index in [9.17, 15) is 24.0 Å². The van der Waals surface area contributed by atoms with Gasteiger partial charge in [0.1, 0.15) is 0 Å². The van der Waals surface area contributed by atoms with Gasteiger partial charge < -0.3 is 29.2 Å². The zero-order chi connectivity index (χ0) is 28.6. The van der Waals surface area contributed by atoms with Crippen molar-refractivity contribution in [3.05, 3.63) is 87.9 Å². The number of ether oxygens (including phenoxy) is 4. The van der Waals surface area contributed by atoms with Crippen LogP contribution in [0.4, 0.5) is 5.69 Å². The summed E-state index contributed by atoms with van der Waals surface area (Å²) < 4.78 is 19.8. The van der Waals surface area contributed by atoms with Gasteiger partial charge in [-0.2, -0.15) is 0 Å². The maximum Gasteiger partial charge on any atom is 0.350 e. The molecule has 0 radical (unpaired) electrons. The van der Waals surface area contributed by atoms with E-state index in [4.69, 9.17) is 18.9 Å². The van der Waals surface area contributed by atoms with Crippen LogP contribution in [0, 0.1) is 0 Å². The lowest BCUT2D eigenvalue weighted by Crippen LogP contribution is -2.42. The first-order valence-corrected chi connectivity index (χ1v) is 12.0. The molecule has 1 aliphatic rings. The summed E-state index contributed by atoms with van der Waals surface area (Å²) in [7, 11) is 0. The van der Waals surface area contributed by atoms with Crippen molar-refractivity contribution in [3.8, 4) is 0 Å². The lowest BCUT2D eigenvalue weighted by atomic mass is 10.1. The number of carbonyl (C=O) groups excluding carboxylic acids is 4. The summed E-state index contributed by atoms with van der Waals surface area (Å²) in [6.45, 7) is 6.91. The standard InChI is InChI=1S/C16H17NO6.C12H11NO3/c1-4-21-13(18)10-7-5-6-8-12(10)17-9-11-14(19)22-16(2,3)23-15(11)20;1-2-16-12(15)9-5-3-4-8-10(14)6-7-13-11(8)9/h5-9,17H,4H2,1-3H3;3-7H,2H2,1H3,(H,13,14). The van der Waals surface area contributed by atoms with Crippen LogP contribution in [0.2, 0.25) is 0 Å². The molecule has 11 heteroatoms. The molecular formula is C28H28N2O9. The molecule has 1 fully saturated rings. The van der Waals surface area contributed by atoms with Crippen LogP contribution in [-0.4, -0.2) is 47.9 Å². The number of H-pyrrole nitrogens is 1. The van der Waals surface area contributed by atoms with E-state index in [0.717, 1.165) is 6.20 Å². The van der Waals surface area contributed by atoms with E-state index < -0.39 is 29.7 Å². The van der Waals surface area contributed by atoms with Crippen molar-refractivity contribution in [1.29, 1.82) is 0 Å². The molecule has 2 N–H and O–H groups in total. The van der Waals surface area contributed by atoms with Crippen LogP contribution in [-0.2, 0) is 28.5 Å². The Morgan fingerprint density at radius 2 is 1.46 bits per heavy atom. The minimum Gasteiger partial charge on any atom is -0.462 e. The topological polar surface area (TPSA) is 150 Å². The number of hydrogen-bond donors (Lipinski definition) is 2. The first-order chi connectivity index (χ1) is 18.6. The second-order valence-electron chi connectivity index (χ2n) is 8.44. The number of aromatic amines is 1. The van der Waals surface area contributed by atoms with Crippen molar-refractivity contribution in [1.82, 2.24) is 4.98 Å². The van der Waals surface area contributed by atoms with Crippen molar-refractivity contribution in [3.63, 3.8) is 0 Å². The van der Waals surface area contributed by atoms with E-state index in [1.165, 1.54) is 26.1 Å². The maximum atomic E-state index is 11.9. The van der Waals surface area contributed by atoms with Crippen LogP contribution in [0.25, 0.3) is 10.9 Å². The molecule has 0 aliphatic carbocycles. The molecular weight excluding hydrogens is 508 g/mol. The SMILES string of the molecule is CCOC(=O)c1cccc2c(=O)cc[nH]c12.CCOC(=O)c1ccccc1NC=C1C(=O)OC(C)(C)OC1=O. The molecule has 2 heterocycles. The number of benzene rings is 2. The van der Waals surface area contributed by atoms with E-state index in [2.05, 4.69) is 10.3 Å². The molecule has 0 bridgehead atoms. The molecule has 2 aromatic carbocycles. The number of anilines is 1. The highest BCUT2D eigenvalue weighted by Gasteiger charge is 2.39. The number of rotatable bonds is 6. The highest BCUT2D eigenvalue weighted by molar-refractivity contribution is 6.15. The van der Waals surface area contributed by atoms with Gasteiger partial charge in [0.05, 0.1) is 35.5 Å². The molecule has 0 amide bonds. The minimum atomic E-state index is -1.30. The normalized spacial score (nSPS) is 13.8. The number of carbonyl (C=O) groups is 4. The zero-order valence-electron chi connectivity index (χ0n) is 21.9. The first kappa shape index (κ1) is 28.6. The molecule has 1 aromatic heterocycles. The zero-order valence-corrected chi connectivity index (χ0v) is 21.9. The smallest absolute Gasteiger partial charge is 0.350 e. The maximum absolute atomic E-state index is 11.9. The Labute approximate surface area is 223 Å². The number of esters is 4.